The smallest absolute Gasteiger partial charge is 0.165 e. The molecule has 6 nitrogen and oxygen atoms in total. The second-order valence-corrected chi connectivity index (χ2v) is 6.31. The molecule has 1 aliphatic heterocycles. The molecule has 3 heterocycles. The van der Waals surface area contributed by atoms with Crippen molar-refractivity contribution in [3.05, 3.63) is 12.7 Å². The van der Waals surface area contributed by atoms with Crippen LogP contribution in [0, 0.1) is 0 Å². The fourth-order valence-corrected chi connectivity index (χ4v) is 3.54. The van der Waals surface area contributed by atoms with Crippen molar-refractivity contribution < 1.29 is 4.74 Å². The van der Waals surface area contributed by atoms with Crippen LogP contribution in [0.4, 0.5) is 5.82 Å². The van der Waals surface area contributed by atoms with E-state index >= 15 is 0 Å². The molecule has 0 amide bonds. The van der Waals surface area contributed by atoms with Gasteiger partial charge in [0.05, 0.1) is 6.33 Å². The number of aromatic nitrogens is 4. The minimum Gasteiger partial charge on any atom is -0.382 e. The first-order valence-electron chi connectivity index (χ1n) is 6.95. The van der Waals surface area contributed by atoms with E-state index < -0.39 is 0 Å². The predicted octanol–water partition coefficient (Wildman–Crippen LogP) is 1.71. The maximum Gasteiger partial charge on any atom is 0.165 e. The maximum absolute atomic E-state index is 5.78. The lowest BCUT2D eigenvalue weighted by Crippen LogP contribution is -2.18. The normalized spacial score (nSPS) is 16.8. The van der Waals surface area contributed by atoms with Crippen LogP contribution in [0.3, 0.4) is 0 Å². The Hall–Kier alpha value is -1.34. The predicted molar refractivity (Wildman–Crippen MR) is 80.7 cm³/mol. The molecular formula is C13H19N5OS. The van der Waals surface area contributed by atoms with E-state index in [1.54, 1.807) is 6.33 Å². The van der Waals surface area contributed by atoms with Crippen LogP contribution in [0.15, 0.2) is 12.7 Å². The number of hydrogen-bond acceptors (Lipinski definition) is 6. The number of fused-ring (bicyclic) bond motifs is 1. The van der Waals surface area contributed by atoms with Crippen LogP contribution in [-0.2, 0) is 11.3 Å². The van der Waals surface area contributed by atoms with Crippen molar-refractivity contribution in [1.29, 1.82) is 0 Å². The monoisotopic (exact) mass is 293 g/mol. The van der Waals surface area contributed by atoms with E-state index in [-0.39, 0.29) is 0 Å². The quantitative estimate of drug-likeness (QED) is 0.846. The van der Waals surface area contributed by atoms with Crippen LogP contribution >= 0.6 is 11.8 Å². The van der Waals surface area contributed by atoms with Gasteiger partial charge in [-0.25, -0.2) is 15.0 Å². The highest BCUT2D eigenvalue weighted by Gasteiger charge is 2.13. The van der Waals surface area contributed by atoms with Gasteiger partial charge in [0.25, 0.3) is 0 Å². The first-order chi connectivity index (χ1) is 9.84. The van der Waals surface area contributed by atoms with Gasteiger partial charge < -0.3 is 15.0 Å². The van der Waals surface area contributed by atoms with Crippen LogP contribution in [0.5, 0.6) is 0 Å². The molecule has 0 aliphatic carbocycles. The summed E-state index contributed by atoms with van der Waals surface area (Å²) >= 11 is 2.06. The molecule has 1 saturated heterocycles. The van der Waals surface area contributed by atoms with Gasteiger partial charge in [0.1, 0.15) is 11.8 Å². The summed E-state index contributed by atoms with van der Waals surface area (Å²) in [6.45, 7) is 2.75. The van der Waals surface area contributed by atoms with Crippen molar-refractivity contribution >= 4 is 28.7 Å². The van der Waals surface area contributed by atoms with E-state index in [4.69, 9.17) is 10.5 Å². The first-order valence-corrected chi connectivity index (χ1v) is 8.00. The highest BCUT2D eigenvalue weighted by molar-refractivity contribution is 7.99. The summed E-state index contributed by atoms with van der Waals surface area (Å²) in [5.41, 5.74) is 7.31. The lowest BCUT2D eigenvalue weighted by molar-refractivity contribution is 0.100. The molecule has 0 bridgehead atoms. The molecule has 108 valence electrons. The average molecular weight is 293 g/mol. The van der Waals surface area contributed by atoms with Crippen molar-refractivity contribution in [2.24, 2.45) is 0 Å². The molecule has 0 radical (unpaired) electrons. The molecule has 2 aromatic heterocycles. The molecule has 0 spiro atoms. The van der Waals surface area contributed by atoms with E-state index in [9.17, 15) is 0 Å². The number of thioether (sulfide) groups is 1. The van der Waals surface area contributed by atoms with Gasteiger partial charge in [-0.2, -0.15) is 11.8 Å². The molecule has 0 unspecified atom stereocenters. The number of nitrogens with two attached hydrogens (primary N) is 1. The highest BCUT2D eigenvalue weighted by Crippen LogP contribution is 2.23. The van der Waals surface area contributed by atoms with Crippen LogP contribution in [0.2, 0.25) is 0 Å². The number of hydrogen-bond donors (Lipinski definition) is 1. The molecule has 7 heteroatoms. The van der Waals surface area contributed by atoms with Crippen molar-refractivity contribution in [1.82, 2.24) is 19.5 Å². The Balaban J connectivity index is 1.51. The molecule has 3 rings (SSSR count). The number of imidazole rings is 1. The fraction of sp³-hybridized carbons (Fsp3) is 0.615. The van der Waals surface area contributed by atoms with Gasteiger partial charge in [-0.3, -0.25) is 0 Å². The third-order valence-corrected chi connectivity index (χ3v) is 4.96. The standard InChI is InChI=1S/C13H19N5OS/c14-12-11-13(16-8-15-12)18(9-17-11)4-1-7-20-10-2-5-19-6-3-10/h8-10H,1-7H2,(H2,14,15,16). The van der Waals surface area contributed by atoms with Gasteiger partial charge in [-0.15, -0.1) is 0 Å². The Bertz CT molecular complexity index is 567. The fourth-order valence-electron chi connectivity index (χ4n) is 2.39. The second-order valence-electron chi connectivity index (χ2n) is 4.91. The SMILES string of the molecule is Nc1ncnc2c1ncn2CCCSC1CCOCC1. The first kappa shape index (κ1) is 13.6. The number of ether oxygens (including phenoxy) is 1. The minimum atomic E-state index is 0.449. The number of nitrogens with zero attached hydrogens (tertiary/aromatic N) is 4. The molecule has 0 atom stereocenters. The largest absolute Gasteiger partial charge is 0.382 e. The second kappa shape index (κ2) is 6.41. The molecule has 0 aromatic carbocycles. The van der Waals surface area contributed by atoms with Gasteiger partial charge in [-0.1, -0.05) is 0 Å². The Morgan fingerprint density at radius 1 is 1.30 bits per heavy atom. The lowest BCUT2D eigenvalue weighted by Gasteiger charge is -2.21. The Kier molecular flexibility index (Phi) is 4.37. The molecule has 0 saturated carbocycles. The maximum atomic E-state index is 5.78. The van der Waals surface area contributed by atoms with Crippen molar-refractivity contribution in [3.63, 3.8) is 0 Å². The van der Waals surface area contributed by atoms with Crippen molar-refractivity contribution in [3.8, 4) is 0 Å². The van der Waals surface area contributed by atoms with Gasteiger partial charge in [0.15, 0.2) is 11.5 Å². The van der Waals surface area contributed by atoms with E-state index in [0.29, 0.717) is 11.3 Å². The van der Waals surface area contributed by atoms with E-state index in [1.807, 2.05) is 0 Å². The number of nitrogen functional groups attached to an aromatic ring is 1. The van der Waals surface area contributed by atoms with Crippen molar-refractivity contribution in [2.75, 3.05) is 24.7 Å². The summed E-state index contributed by atoms with van der Waals surface area (Å²) in [6, 6.07) is 0. The van der Waals surface area contributed by atoms with E-state index in [0.717, 1.165) is 42.8 Å². The van der Waals surface area contributed by atoms with Gasteiger partial charge in [0, 0.05) is 25.0 Å². The van der Waals surface area contributed by atoms with Crippen LogP contribution < -0.4 is 5.73 Å². The van der Waals surface area contributed by atoms with Gasteiger partial charge in [-0.05, 0) is 25.0 Å². The summed E-state index contributed by atoms with van der Waals surface area (Å²) in [5.74, 6) is 1.61. The average Bonchev–Trinajstić information content (AvgIpc) is 2.90. The Morgan fingerprint density at radius 3 is 3.00 bits per heavy atom. The van der Waals surface area contributed by atoms with Gasteiger partial charge in [0.2, 0.25) is 0 Å². The third kappa shape index (κ3) is 3.04. The molecule has 2 N–H and O–H groups in total. The van der Waals surface area contributed by atoms with Gasteiger partial charge >= 0.3 is 0 Å². The van der Waals surface area contributed by atoms with Crippen LogP contribution in [-0.4, -0.2) is 43.7 Å². The number of aryl methyl sites for hydroxylation is 1. The van der Waals surface area contributed by atoms with E-state index in [1.165, 1.54) is 19.2 Å². The summed E-state index contributed by atoms with van der Waals surface area (Å²) in [4.78, 5) is 12.5. The summed E-state index contributed by atoms with van der Waals surface area (Å²) < 4.78 is 7.43. The lowest BCUT2D eigenvalue weighted by atomic mass is 10.2. The molecule has 20 heavy (non-hydrogen) atoms. The van der Waals surface area contributed by atoms with Crippen LogP contribution in [0.25, 0.3) is 11.2 Å². The Labute approximate surface area is 122 Å². The minimum absolute atomic E-state index is 0.449. The number of rotatable bonds is 5. The zero-order chi connectivity index (χ0) is 13.8. The Morgan fingerprint density at radius 2 is 2.15 bits per heavy atom. The summed E-state index contributed by atoms with van der Waals surface area (Å²) in [7, 11) is 0. The molecule has 1 fully saturated rings. The highest BCUT2D eigenvalue weighted by atomic mass is 32.2. The number of anilines is 1. The zero-order valence-electron chi connectivity index (χ0n) is 11.4. The molecule has 1 aliphatic rings. The third-order valence-electron chi connectivity index (χ3n) is 3.49. The molecular weight excluding hydrogens is 274 g/mol. The van der Waals surface area contributed by atoms with Crippen LogP contribution in [0.1, 0.15) is 19.3 Å². The topological polar surface area (TPSA) is 78.9 Å². The zero-order valence-corrected chi connectivity index (χ0v) is 12.2. The van der Waals surface area contributed by atoms with Crippen molar-refractivity contribution in [2.45, 2.75) is 31.1 Å². The summed E-state index contributed by atoms with van der Waals surface area (Å²) in [6.07, 6.45) is 6.77. The molecule has 2 aromatic rings. The van der Waals surface area contributed by atoms with E-state index in [2.05, 4.69) is 31.3 Å². The summed E-state index contributed by atoms with van der Waals surface area (Å²) in [5, 5.41) is 0.765.